The lowest BCUT2D eigenvalue weighted by molar-refractivity contribution is -0.172. The van der Waals surface area contributed by atoms with Crippen LogP contribution in [0.15, 0.2) is 12.2 Å². The number of allylic oxidation sites excluding steroid dienone is 1. The summed E-state index contributed by atoms with van der Waals surface area (Å²) in [4.78, 5) is 24.0. The van der Waals surface area contributed by atoms with Crippen LogP contribution < -0.4 is 0 Å². The molecule has 6 unspecified atom stereocenters. The second-order valence-corrected chi connectivity index (χ2v) is 6.82. The van der Waals surface area contributed by atoms with Gasteiger partial charge >= 0.3 is 5.97 Å². The highest BCUT2D eigenvalue weighted by atomic mass is 16.5. The summed E-state index contributed by atoms with van der Waals surface area (Å²) in [6.07, 6.45) is 3.03. The molecule has 5 nitrogen and oxygen atoms in total. The van der Waals surface area contributed by atoms with E-state index in [1.165, 1.54) is 19.3 Å². The Labute approximate surface area is 125 Å². The van der Waals surface area contributed by atoms with Gasteiger partial charge in [-0.2, -0.15) is 0 Å². The van der Waals surface area contributed by atoms with Gasteiger partial charge in [0.05, 0.1) is 24.7 Å². The van der Waals surface area contributed by atoms with E-state index in [0.29, 0.717) is 12.8 Å². The molecule has 2 aliphatic rings. The summed E-state index contributed by atoms with van der Waals surface area (Å²) in [6.45, 7) is 5.12. The zero-order chi connectivity index (χ0) is 16.0. The van der Waals surface area contributed by atoms with E-state index in [2.05, 4.69) is 0 Å². The lowest BCUT2D eigenvalue weighted by Gasteiger charge is -2.53. The average Bonchev–Trinajstić information content (AvgIpc) is 2.42. The fourth-order valence-electron chi connectivity index (χ4n) is 4.13. The molecule has 2 N–H and O–H groups in total. The van der Waals surface area contributed by atoms with Crippen LogP contribution in [-0.4, -0.2) is 40.8 Å². The first kappa shape index (κ1) is 16.2. The molecule has 0 aromatic carbocycles. The summed E-state index contributed by atoms with van der Waals surface area (Å²) in [5.74, 6) is -1.84. The standard InChI is InChI=1S/C16H24O5/c1-9(14(19)21-4)10-5-7-15(2)11(17)6-8-16(3,20)13(15)12(10)18/h6,8-10,12-13,18,20H,5,7H2,1-4H3. The molecule has 1 fully saturated rings. The molecule has 1 saturated carbocycles. The number of carbonyl (C=O) groups excluding carboxylic acids is 2. The molecule has 118 valence electrons. The van der Waals surface area contributed by atoms with E-state index in [1.54, 1.807) is 20.8 Å². The van der Waals surface area contributed by atoms with E-state index >= 15 is 0 Å². The summed E-state index contributed by atoms with van der Waals surface area (Å²) in [5, 5.41) is 21.3. The van der Waals surface area contributed by atoms with Gasteiger partial charge in [-0.25, -0.2) is 0 Å². The van der Waals surface area contributed by atoms with Gasteiger partial charge < -0.3 is 14.9 Å². The van der Waals surface area contributed by atoms with Crippen molar-refractivity contribution in [1.29, 1.82) is 0 Å². The van der Waals surface area contributed by atoms with Crippen molar-refractivity contribution in [3.05, 3.63) is 12.2 Å². The van der Waals surface area contributed by atoms with Crippen LogP contribution in [0, 0.1) is 23.2 Å². The molecule has 6 atom stereocenters. The van der Waals surface area contributed by atoms with Crippen molar-refractivity contribution in [3.63, 3.8) is 0 Å². The Morgan fingerprint density at radius 1 is 1.48 bits per heavy atom. The van der Waals surface area contributed by atoms with Gasteiger partial charge in [0.2, 0.25) is 0 Å². The maximum Gasteiger partial charge on any atom is 0.308 e. The molecule has 0 aliphatic heterocycles. The molecule has 0 bridgehead atoms. The summed E-state index contributed by atoms with van der Waals surface area (Å²) >= 11 is 0. The predicted molar refractivity (Wildman–Crippen MR) is 76.3 cm³/mol. The summed E-state index contributed by atoms with van der Waals surface area (Å²) in [7, 11) is 1.32. The highest BCUT2D eigenvalue weighted by molar-refractivity contribution is 5.96. The number of methoxy groups -OCH3 is 1. The van der Waals surface area contributed by atoms with Crippen molar-refractivity contribution in [1.82, 2.24) is 0 Å². The van der Waals surface area contributed by atoms with Gasteiger partial charge in [-0.1, -0.05) is 13.8 Å². The van der Waals surface area contributed by atoms with Crippen LogP contribution >= 0.6 is 0 Å². The molecule has 0 amide bonds. The smallest absolute Gasteiger partial charge is 0.308 e. The second-order valence-electron chi connectivity index (χ2n) is 6.82. The van der Waals surface area contributed by atoms with Gasteiger partial charge in [-0.05, 0) is 37.8 Å². The van der Waals surface area contributed by atoms with Gasteiger partial charge in [0.25, 0.3) is 0 Å². The van der Waals surface area contributed by atoms with Crippen molar-refractivity contribution in [2.24, 2.45) is 23.2 Å². The van der Waals surface area contributed by atoms with E-state index in [1.807, 2.05) is 0 Å². The molecule has 0 heterocycles. The van der Waals surface area contributed by atoms with Crippen LogP contribution in [0.5, 0.6) is 0 Å². The summed E-state index contributed by atoms with van der Waals surface area (Å²) < 4.78 is 4.75. The Hall–Kier alpha value is -1.20. The minimum absolute atomic E-state index is 0.0674. The van der Waals surface area contributed by atoms with Crippen molar-refractivity contribution in [2.45, 2.75) is 45.3 Å². The topological polar surface area (TPSA) is 83.8 Å². The zero-order valence-corrected chi connectivity index (χ0v) is 13.0. The van der Waals surface area contributed by atoms with Crippen molar-refractivity contribution < 1.29 is 24.5 Å². The van der Waals surface area contributed by atoms with Crippen LogP contribution in [0.1, 0.15) is 33.6 Å². The molecule has 0 aromatic heterocycles. The lowest BCUT2D eigenvalue weighted by atomic mass is 9.52. The number of hydrogen-bond acceptors (Lipinski definition) is 5. The number of esters is 1. The van der Waals surface area contributed by atoms with Gasteiger partial charge in [-0.15, -0.1) is 0 Å². The van der Waals surface area contributed by atoms with Crippen molar-refractivity contribution in [2.75, 3.05) is 7.11 Å². The first-order chi connectivity index (χ1) is 9.65. The Morgan fingerprint density at radius 3 is 2.67 bits per heavy atom. The second kappa shape index (κ2) is 5.21. The Bertz CT molecular complexity index is 481. The van der Waals surface area contributed by atoms with Crippen LogP contribution in [0.25, 0.3) is 0 Å². The van der Waals surface area contributed by atoms with Crippen LogP contribution in [0.3, 0.4) is 0 Å². The van der Waals surface area contributed by atoms with Gasteiger partial charge in [-0.3, -0.25) is 9.59 Å². The molecule has 2 rings (SSSR count). The zero-order valence-electron chi connectivity index (χ0n) is 13.0. The number of hydrogen-bond donors (Lipinski definition) is 2. The van der Waals surface area contributed by atoms with Crippen molar-refractivity contribution in [3.8, 4) is 0 Å². The van der Waals surface area contributed by atoms with Crippen LogP contribution in [0.4, 0.5) is 0 Å². The molecule has 0 radical (unpaired) electrons. The number of aliphatic hydroxyl groups excluding tert-OH is 1. The van der Waals surface area contributed by atoms with E-state index < -0.39 is 29.0 Å². The molecular weight excluding hydrogens is 272 g/mol. The first-order valence-electron chi connectivity index (χ1n) is 7.37. The predicted octanol–water partition coefficient (Wildman–Crippen LogP) is 1.08. The van der Waals surface area contributed by atoms with Crippen LogP contribution in [0.2, 0.25) is 0 Å². The molecule has 2 aliphatic carbocycles. The fourth-order valence-corrected chi connectivity index (χ4v) is 4.13. The Balaban J connectivity index is 2.36. The summed E-state index contributed by atoms with van der Waals surface area (Å²) in [6, 6.07) is 0. The maximum atomic E-state index is 12.2. The molecule has 21 heavy (non-hydrogen) atoms. The lowest BCUT2D eigenvalue weighted by Crippen LogP contribution is -2.60. The average molecular weight is 296 g/mol. The molecule has 5 heteroatoms. The number of fused-ring (bicyclic) bond motifs is 1. The molecular formula is C16H24O5. The number of rotatable bonds is 2. The Kier molecular flexibility index (Phi) is 4.02. The van der Waals surface area contributed by atoms with E-state index in [-0.39, 0.29) is 17.7 Å². The number of carbonyl (C=O) groups is 2. The van der Waals surface area contributed by atoms with E-state index in [0.717, 1.165) is 0 Å². The normalized spacial score (nSPS) is 44.1. The van der Waals surface area contributed by atoms with Crippen molar-refractivity contribution >= 4 is 11.8 Å². The van der Waals surface area contributed by atoms with E-state index in [4.69, 9.17) is 4.74 Å². The molecule has 0 saturated heterocycles. The highest BCUT2D eigenvalue weighted by Crippen LogP contribution is 2.53. The third-order valence-electron chi connectivity index (χ3n) is 5.44. The van der Waals surface area contributed by atoms with Crippen LogP contribution in [-0.2, 0) is 14.3 Å². The Morgan fingerprint density at radius 2 is 2.10 bits per heavy atom. The first-order valence-corrected chi connectivity index (χ1v) is 7.37. The fraction of sp³-hybridized carbons (Fsp3) is 0.750. The van der Waals surface area contributed by atoms with E-state index in [9.17, 15) is 19.8 Å². The number of ketones is 1. The number of aliphatic hydroxyl groups is 2. The van der Waals surface area contributed by atoms with Gasteiger partial charge in [0.15, 0.2) is 5.78 Å². The van der Waals surface area contributed by atoms with Gasteiger partial charge in [0.1, 0.15) is 0 Å². The summed E-state index contributed by atoms with van der Waals surface area (Å²) in [5.41, 5.74) is -2.05. The SMILES string of the molecule is COC(=O)C(C)C1CCC2(C)C(=O)C=CC(C)(O)C2C1O. The molecule has 0 spiro atoms. The minimum atomic E-state index is -1.27. The maximum absolute atomic E-state index is 12.2. The monoisotopic (exact) mass is 296 g/mol. The number of ether oxygens (including phenoxy) is 1. The highest BCUT2D eigenvalue weighted by Gasteiger charge is 2.58. The largest absolute Gasteiger partial charge is 0.469 e. The third-order valence-corrected chi connectivity index (χ3v) is 5.44. The van der Waals surface area contributed by atoms with Gasteiger partial charge in [0, 0.05) is 11.3 Å². The third kappa shape index (κ3) is 2.42. The minimum Gasteiger partial charge on any atom is -0.469 e. The quantitative estimate of drug-likeness (QED) is 0.745. The molecule has 0 aromatic rings.